The number of ether oxygens (including phenoxy) is 6. The lowest BCUT2D eigenvalue weighted by Crippen LogP contribution is -2.57. The van der Waals surface area contributed by atoms with E-state index in [-0.39, 0.29) is 31.3 Å². The highest BCUT2D eigenvalue weighted by atomic mass is 19.1. The molecule has 5 rings (SSSR count). The minimum absolute atomic E-state index is 0.0682. The largest absolute Gasteiger partial charge is 0.459 e. The summed E-state index contributed by atoms with van der Waals surface area (Å²) in [4.78, 5) is 23.9. The third kappa shape index (κ3) is 14.1. The van der Waals surface area contributed by atoms with Gasteiger partial charge in [0.2, 0.25) is 6.79 Å². The number of methoxy groups -OCH3 is 3. The minimum atomic E-state index is -1.81. The third-order valence-corrected chi connectivity index (χ3v) is 14.9. The Morgan fingerprint density at radius 1 is 1.10 bits per heavy atom. The van der Waals surface area contributed by atoms with Crippen molar-refractivity contribution >= 4 is 17.3 Å². The summed E-state index contributed by atoms with van der Waals surface area (Å²) >= 11 is 0. The maximum Gasteiger partial charge on any atom is 0.309 e. The van der Waals surface area contributed by atoms with Crippen LogP contribution in [0.4, 0.5) is 4.39 Å². The highest BCUT2D eigenvalue weighted by Crippen LogP contribution is 2.40. The molecule has 3 aliphatic heterocycles. The summed E-state index contributed by atoms with van der Waals surface area (Å²) in [5, 5.41) is 36.9. The average molecular weight is 971 g/mol. The van der Waals surface area contributed by atoms with Crippen molar-refractivity contribution in [2.75, 3.05) is 68.5 Å². The van der Waals surface area contributed by atoms with Crippen LogP contribution in [0.2, 0.25) is 0 Å². The molecule has 2 N–H and O–H groups in total. The van der Waals surface area contributed by atoms with E-state index in [1.165, 1.54) is 25.2 Å². The number of carbonyl (C=O) groups is 1. The lowest BCUT2D eigenvalue weighted by molar-refractivity contribution is -0.263. The number of rotatable bonds is 18. The monoisotopic (exact) mass is 971 g/mol. The maximum atomic E-state index is 14.9. The number of esters is 1. The van der Waals surface area contributed by atoms with E-state index in [1.807, 2.05) is 39.1 Å². The van der Waals surface area contributed by atoms with E-state index in [2.05, 4.69) is 64.2 Å². The molecular weight excluding hydrogens is 888 g/mol. The molecule has 0 amide bonds. The molecule has 0 bridgehead atoms. The number of oxime groups is 1. The molecule has 0 unspecified atom stereocenters. The van der Waals surface area contributed by atoms with E-state index in [4.69, 9.17) is 33.3 Å². The number of hydrogen-bond acceptors (Lipinski definition) is 15. The Kier molecular flexibility index (Phi) is 20.9. The van der Waals surface area contributed by atoms with Gasteiger partial charge in [0.05, 0.1) is 41.2 Å². The van der Waals surface area contributed by atoms with Crippen molar-refractivity contribution in [1.82, 2.24) is 24.8 Å². The first-order valence-electron chi connectivity index (χ1n) is 24.8. The molecule has 2 aromatic rings. The molecule has 2 fully saturated rings. The number of likely N-dealkylation sites (N-methyl/N-ethyl adjacent to an activating group) is 2. The van der Waals surface area contributed by atoms with Gasteiger partial charge in [-0.3, -0.25) is 4.79 Å². The molecule has 1 aromatic heterocycles. The van der Waals surface area contributed by atoms with Crippen LogP contribution in [0, 0.1) is 23.7 Å². The normalized spacial score (nSPS) is 33.9. The Morgan fingerprint density at radius 3 is 2.43 bits per heavy atom. The zero-order valence-corrected chi connectivity index (χ0v) is 43.4. The summed E-state index contributed by atoms with van der Waals surface area (Å²) < 4.78 is 53.5. The van der Waals surface area contributed by atoms with Crippen LogP contribution in [0.15, 0.2) is 54.3 Å². The van der Waals surface area contributed by atoms with Crippen LogP contribution >= 0.6 is 0 Å². The smallest absolute Gasteiger partial charge is 0.309 e. The van der Waals surface area contributed by atoms with Crippen molar-refractivity contribution in [3.05, 3.63) is 66.0 Å². The number of halogens is 1. The molecule has 17 heteroatoms. The molecule has 0 saturated carbocycles. The first-order chi connectivity index (χ1) is 32.8. The predicted molar refractivity (Wildman–Crippen MR) is 263 cm³/mol. The van der Waals surface area contributed by atoms with Crippen LogP contribution in [0.1, 0.15) is 116 Å². The summed E-state index contributed by atoms with van der Waals surface area (Å²) in [6.45, 7) is 18.8. The summed E-state index contributed by atoms with van der Waals surface area (Å²) in [5.74, 6) is -2.64. The predicted octanol–water partition coefficient (Wildman–Crippen LogP) is 6.97. The molecule has 1 aromatic carbocycles. The van der Waals surface area contributed by atoms with E-state index >= 15 is 0 Å². The molecule has 0 aliphatic carbocycles. The first-order valence-corrected chi connectivity index (χ1v) is 24.8. The Bertz CT molecular complexity index is 1980. The molecule has 14 atom stereocenters. The third-order valence-electron chi connectivity index (χ3n) is 14.9. The molecule has 4 heterocycles. The Morgan fingerprint density at radius 2 is 1.83 bits per heavy atom. The number of cyclic esters (lactones) is 1. The summed E-state index contributed by atoms with van der Waals surface area (Å²) in [7, 11) is 8.91. The van der Waals surface area contributed by atoms with Gasteiger partial charge < -0.3 is 53.3 Å². The number of nitrogens with zero attached hydrogens (tertiary/aromatic N) is 6. The molecule has 16 nitrogen and oxygen atoms in total. The number of alkyl halides is 1. The standard InChI is InChI=1S/C52H83FN6O10/c1-14-37-26-33(3)50(61)68-44(15-2)52(8,62)48(60)36(6)46(55-66-32-63-11)34(4)29-51(7,65-13)49(37)69-45-28-42(27-35(5)67-45)58(10)25-22-41-31-59(56-54-41)43(30-53)47(64-12)40-18-16-38(17-19-40)39-20-23-57(9)24-21-39/h14,16-20,31,33-37,42-45,47-49,60,62H,1,15,21-30,32H2,2-13H3/b55-46-/t33-,34-,35-,36+,37+,42+,43-,44-,45+,47-,48-,49-,51-,52-/m1/s1. The fourth-order valence-corrected chi connectivity index (χ4v) is 10.6. The van der Waals surface area contributed by atoms with Crippen LogP contribution < -0.4 is 0 Å². The fraction of sp³-hybridized carbons (Fsp3) is 0.731. The second kappa shape index (κ2) is 25.6. The van der Waals surface area contributed by atoms with Gasteiger partial charge in [0, 0.05) is 83.8 Å². The van der Waals surface area contributed by atoms with Gasteiger partial charge in [0.15, 0.2) is 6.29 Å². The molecular formula is C52H83FN6O10. The zero-order valence-electron chi connectivity index (χ0n) is 43.4. The second-order valence-corrected chi connectivity index (χ2v) is 20.2. The molecule has 2 saturated heterocycles. The lowest BCUT2D eigenvalue weighted by atomic mass is 9.74. The van der Waals surface area contributed by atoms with Crippen molar-refractivity contribution in [3.8, 4) is 0 Å². The van der Waals surface area contributed by atoms with Gasteiger partial charge in [-0.15, -0.1) is 11.7 Å². The maximum absolute atomic E-state index is 14.9. The Balaban J connectivity index is 1.33. The number of aliphatic hydroxyl groups is 2. The molecule has 0 spiro atoms. The van der Waals surface area contributed by atoms with Crippen molar-refractivity contribution in [2.45, 2.75) is 154 Å². The van der Waals surface area contributed by atoms with Crippen molar-refractivity contribution in [3.63, 3.8) is 0 Å². The van der Waals surface area contributed by atoms with Crippen LogP contribution in [-0.4, -0.2) is 163 Å². The van der Waals surface area contributed by atoms with E-state index < -0.39 is 78.3 Å². The zero-order chi connectivity index (χ0) is 50.6. The molecule has 69 heavy (non-hydrogen) atoms. The van der Waals surface area contributed by atoms with E-state index in [0.29, 0.717) is 37.9 Å². The summed E-state index contributed by atoms with van der Waals surface area (Å²) in [6, 6.07) is 7.59. The number of benzene rings is 1. The highest BCUT2D eigenvalue weighted by molar-refractivity contribution is 5.88. The van der Waals surface area contributed by atoms with E-state index in [1.54, 1.807) is 45.7 Å². The first kappa shape index (κ1) is 56.3. The average Bonchev–Trinajstić information content (AvgIpc) is 3.81. The van der Waals surface area contributed by atoms with Crippen LogP contribution in [0.25, 0.3) is 5.57 Å². The van der Waals surface area contributed by atoms with Gasteiger partial charge in [-0.2, -0.15) is 0 Å². The minimum Gasteiger partial charge on any atom is -0.459 e. The number of aliphatic hydroxyl groups excluding tert-OH is 1. The van der Waals surface area contributed by atoms with Crippen LogP contribution in [0.5, 0.6) is 0 Å². The Hall–Kier alpha value is -3.65. The summed E-state index contributed by atoms with van der Waals surface area (Å²) in [6.07, 6.45) is 5.28. The van der Waals surface area contributed by atoms with Gasteiger partial charge in [0.25, 0.3) is 0 Å². The summed E-state index contributed by atoms with van der Waals surface area (Å²) in [5.41, 5.74) is 1.75. The van der Waals surface area contributed by atoms with Crippen LogP contribution in [-0.2, 0) is 44.5 Å². The van der Waals surface area contributed by atoms with Crippen molar-refractivity contribution in [2.24, 2.45) is 28.8 Å². The quantitative estimate of drug-likeness (QED) is 0.0516. The number of carbonyl (C=O) groups excluding carboxylic acids is 1. The van der Waals surface area contributed by atoms with Crippen LogP contribution in [0.3, 0.4) is 0 Å². The van der Waals surface area contributed by atoms with Gasteiger partial charge in [0.1, 0.15) is 30.5 Å². The van der Waals surface area contributed by atoms with Gasteiger partial charge in [-0.25, -0.2) is 9.07 Å². The van der Waals surface area contributed by atoms with Gasteiger partial charge in [-0.05, 0) is 83.7 Å². The molecule has 0 radical (unpaired) electrons. The lowest BCUT2D eigenvalue weighted by Gasteiger charge is -2.46. The number of hydrogen-bond donors (Lipinski definition) is 2. The van der Waals surface area contributed by atoms with Crippen molar-refractivity contribution < 1.29 is 52.7 Å². The molecule has 388 valence electrons. The molecule has 3 aliphatic rings. The van der Waals surface area contributed by atoms with E-state index in [9.17, 15) is 19.4 Å². The van der Waals surface area contributed by atoms with Gasteiger partial charge >= 0.3 is 5.97 Å². The topological polar surface area (TPSA) is 172 Å². The SMILES string of the molecule is C=C[C@H]1C[C@@H](C)C(=O)O[C@H](CC)[C@@](C)(O)[C@H](O)[C@@H](C)/C(=N\OCOC)[C@H](C)C[C@@](C)(OC)[C@@H]1O[C@H]1C[C@@H](N(C)CCc2cn([C@H](CF)[C@H](OC)c3ccc(C4=CCN(C)CC4)cc3)nn2)C[C@@H](C)O1. The van der Waals surface area contributed by atoms with Crippen molar-refractivity contribution in [1.29, 1.82) is 0 Å². The second-order valence-electron chi connectivity index (χ2n) is 20.2. The number of aromatic nitrogens is 3. The fourth-order valence-electron chi connectivity index (χ4n) is 10.6. The van der Waals surface area contributed by atoms with Gasteiger partial charge in [-0.1, -0.05) is 74.5 Å². The Labute approximate surface area is 410 Å². The van der Waals surface area contributed by atoms with E-state index in [0.717, 1.165) is 37.2 Å². The highest BCUT2D eigenvalue weighted by Gasteiger charge is 2.49.